The molecule has 1 saturated heterocycles. The maximum Gasteiger partial charge on any atom is 0.141 e. The Kier molecular flexibility index (Phi) is 5.11. The molecule has 2 heterocycles. The summed E-state index contributed by atoms with van der Waals surface area (Å²) in [5.41, 5.74) is 0.554. The summed E-state index contributed by atoms with van der Waals surface area (Å²) in [4.78, 5) is 6.49. The SMILES string of the molecule is CCC1CCC(C)N1CC(C)C(O)c1ccc(F)cn1. The molecule has 0 saturated carbocycles. The van der Waals surface area contributed by atoms with Crippen LogP contribution in [0.4, 0.5) is 4.39 Å². The molecule has 20 heavy (non-hydrogen) atoms. The number of hydrogen-bond donors (Lipinski definition) is 1. The quantitative estimate of drug-likeness (QED) is 0.900. The van der Waals surface area contributed by atoms with Gasteiger partial charge in [-0.05, 0) is 38.3 Å². The van der Waals surface area contributed by atoms with Crippen LogP contribution in [0.3, 0.4) is 0 Å². The molecule has 3 nitrogen and oxygen atoms in total. The molecule has 1 fully saturated rings. The van der Waals surface area contributed by atoms with Gasteiger partial charge in [0.15, 0.2) is 0 Å². The minimum atomic E-state index is -0.638. The summed E-state index contributed by atoms with van der Waals surface area (Å²) < 4.78 is 12.9. The van der Waals surface area contributed by atoms with E-state index in [0.717, 1.165) is 13.0 Å². The van der Waals surface area contributed by atoms with Crippen molar-refractivity contribution in [3.05, 3.63) is 29.8 Å². The third-order valence-electron chi connectivity index (χ3n) is 4.52. The van der Waals surface area contributed by atoms with Gasteiger partial charge in [-0.25, -0.2) is 4.39 Å². The van der Waals surface area contributed by atoms with Gasteiger partial charge in [0.05, 0.1) is 18.0 Å². The first kappa shape index (κ1) is 15.4. The first-order valence-electron chi connectivity index (χ1n) is 7.58. The van der Waals surface area contributed by atoms with Crippen molar-refractivity contribution in [1.82, 2.24) is 9.88 Å². The predicted octanol–water partition coefficient (Wildman–Crippen LogP) is 3.15. The zero-order chi connectivity index (χ0) is 14.7. The van der Waals surface area contributed by atoms with Gasteiger partial charge in [0.1, 0.15) is 5.82 Å². The van der Waals surface area contributed by atoms with Crippen LogP contribution < -0.4 is 0 Å². The van der Waals surface area contributed by atoms with E-state index < -0.39 is 6.10 Å². The first-order valence-corrected chi connectivity index (χ1v) is 7.58. The zero-order valence-corrected chi connectivity index (χ0v) is 12.6. The Balaban J connectivity index is 2.00. The molecular formula is C16H25FN2O. The van der Waals surface area contributed by atoms with Crippen molar-refractivity contribution in [3.8, 4) is 0 Å². The van der Waals surface area contributed by atoms with Gasteiger partial charge in [-0.2, -0.15) is 0 Å². The number of aliphatic hydroxyl groups is 1. The molecule has 0 aromatic carbocycles. The minimum absolute atomic E-state index is 0.0857. The molecule has 1 aliphatic rings. The van der Waals surface area contributed by atoms with Gasteiger partial charge in [0.25, 0.3) is 0 Å². The highest BCUT2D eigenvalue weighted by atomic mass is 19.1. The Morgan fingerprint density at radius 1 is 1.45 bits per heavy atom. The van der Waals surface area contributed by atoms with Crippen molar-refractivity contribution in [3.63, 3.8) is 0 Å². The number of hydrogen-bond acceptors (Lipinski definition) is 3. The monoisotopic (exact) mass is 280 g/mol. The number of aliphatic hydroxyl groups excluding tert-OH is 1. The van der Waals surface area contributed by atoms with E-state index in [0.29, 0.717) is 17.8 Å². The van der Waals surface area contributed by atoms with Crippen LogP contribution in [-0.4, -0.2) is 33.6 Å². The van der Waals surface area contributed by atoms with Crippen LogP contribution in [0.2, 0.25) is 0 Å². The molecule has 0 spiro atoms. The second kappa shape index (κ2) is 6.64. The lowest BCUT2D eigenvalue weighted by Gasteiger charge is -2.32. The molecule has 4 heteroatoms. The van der Waals surface area contributed by atoms with Crippen molar-refractivity contribution in [2.24, 2.45) is 5.92 Å². The molecule has 1 aromatic heterocycles. The minimum Gasteiger partial charge on any atom is -0.386 e. The molecule has 1 N–H and O–H groups in total. The average molecular weight is 280 g/mol. The van der Waals surface area contributed by atoms with E-state index in [1.54, 1.807) is 6.07 Å². The summed E-state index contributed by atoms with van der Waals surface area (Å²) in [5.74, 6) is -0.282. The Labute approximate surface area is 120 Å². The van der Waals surface area contributed by atoms with Crippen molar-refractivity contribution >= 4 is 0 Å². The van der Waals surface area contributed by atoms with E-state index in [2.05, 4.69) is 23.7 Å². The lowest BCUT2D eigenvalue weighted by molar-refractivity contribution is 0.0697. The van der Waals surface area contributed by atoms with Crippen molar-refractivity contribution in [1.29, 1.82) is 0 Å². The van der Waals surface area contributed by atoms with Gasteiger partial charge < -0.3 is 5.11 Å². The summed E-state index contributed by atoms with van der Waals surface area (Å²) in [6.45, 7) is 7.37. The average Bonchev–Trinajstić information content (AvgIpc) is 2.79. The fourth-order valence-corrected chi connectivity index (χ4v) is 3.18. The Morgan fingerprint density at radius 2 is 2.20 bits per heavy atom. The normalized spacial score (nSPS) is 26.6. The third-order valence-corrected chi connectivity index (χ3v) is 4.52. The van der Waals surface area contributed by atoms with E-state index >= 15 is 0 Å². The highest BCUT2D eigenvalue weighted by molar-refractivity contribution is 5.09. The van der Waals surface area contributed by atoms with Gasteiger partial charge in [0, 0.05) is 24.5 Å². The molecule has 2 rings (SSSR count). The van der Waals surface area contributed by atoms with E-state index in [-0.39, 0.29) is 11.7 Å². The molecular weight excluding hydrogens is 255 g/mol. The number of aromatic nitrogens is 1. The summed E-state index contributed by atoms with van der Waals surface area (Å²) >= 11 is 0. The number of likely N-dealkylation sites (tertiary alicyclic amines) is 1. The van der Waals surface area contributed by atoms with Crippen molar-refractivity contribution < 1.29 is 9.50 Å². The van der Waals surface area contributed by atoms with Gasteiger partial charge in [0.2, 0.25) is 0 Å². The number of rotatable bonds is 5. The number of pyridine rings is 1. The highest BCUT2D eigenvalue weighted by Gasteiger charge is 2.31. The molecule has 0 amide bonds. The number of halogens is 1. The van der Waals surface area contributed by atoms with Crippen LogP contribution in [0.5, 0.6) is 0 Å². The smallest absolute Gasteiger partial charge is 0.141 e. The van der Waals surface area contributed by atoms with Gasteiger partial charge >= 0.3 is 0 Å². The van der Waals surface area contributed by atoms with Crippen molar-refractivity contribution in [2.75, 3.05) is 6.54 Å². The Morgan fingerprint density at radius 3 is 2.80 bits per heavy atom. The predicted molar refractivity (Wildman–Crippen MR) is 77.8 cm³/mol. The van der Waals surface area contributed by atoms with Gasteiger partial charge in [-0.1, -0.05) is 13.8 Å². The van der Waals surface area contributed by atoms with Crippen LogP contribution in [-0.2, 0) is 0 Å². The lowest BCUT2D eigenvalue weighted by atomic mass is 9.99. The van der Waals surface area contributed by atoms with Gasteiger partial charge in [-0.15, -0.1) is 0 Å². The maximum atomic E-state index is 12.9. The Hall–Kier alpha value is -1.00. The van der Waals surface area contributed by atoms with Crippen LogP contribution in [0.15, 0.2) is 18.3 Å². The molecule has 4 atom stereocenters. The molecule has 4 unspecified atom stereocenters. The van der Waals surface area contributed by atoms with Crippen molar-refractivity contribution in [2.45, 2.75) is 58.2 Å². The van der Waals surface area contributed by atoms with E-state index in [1.807, 2.05) is 6.92 Å². The van der Waals surface area contributed by atoms with E-state index in [1.165, 1.54) is 25.1 Å². The fraction of sp³-hybridized carbons (Fsp3) is 0.688. The maximum absolute atomic E-state index is 12.9. The topological polar surface area (TPSA) is 36.4 Å². The molecule has 112 valence electrons. The van der Waals surface area contributed by atoms with E-state index in [9.17, 15) is 9.50 Å². The fourth-order valence-electron chi connectivity index (χ4n) is 3.18. The highest BCUT2D eigenvalue weighted by Crippen LogP contribution is 2.29. The summed E-state index contributed by atoms with van der Waals surface area (Å²) in [6.07, 6.45) is 4.16. The standard InChI is InChI=1S/C16H25FN2O/c1-4-14-7-5-12(3)19(14)10-11(2)16(20)15-8-6-13(17)9-18-15/h6,8-9,11-12,14,16,20H,4-5,7,10H2,1-3H3. The second-order valence-corrected chi connectivity index (χ2v) is 6.01. The largest absolute Gasteiger partial charge is 0.386 e. The number of nitrogens with zero attached hydrogens (tertiary/aromatic N) is 2. The summed E-state index contributed by atoms with van der Waals surface area (Å²) in [7, 11) is 0. The first-order chi connectivity index (χ1) is 9.52. The molecule has 1 aromatic rings. The Bertz CT molecular complexity index is 423. The van der Waals surface area contributed by atoms with Crippen LogP contribution >= 0.6 is 0 Å². The summed E-state index contributed by atoms with van der Waals surface area (Å²) in [6, 6.07) is 4.13. The van der Waals surface area contributed by atoms with Gasteiger partial charge in [-0.3, -0.25) is 9.88 Å². The molecule has 1 aliphatic heterocycles. The summed E-state index contributed by atoms with van der Waals surface area (Å²) in [5, 5.41) is 10.4. The van der Waals surface area contributed by atoms with Crippen LogP contribution in [0.1, 0.15) is 51.8 Å². The van der Waals surface area contributed by atoms with Crippen LogP contribution in [0.25, 0.3) is 0 Å². The van der Waals surface area contributed by atoms with E-state index in [4.69, 9.17) is 0 Å². The van der Waals surface area contributed by atoms with Crippen LogP contribution in [0, 0.1) is 11.7 Å². The molecule has 0 aliphatic carbocycles. The lowest BCUT2D eigenvalue weighted by Crippen LogP contribution is -2.39. The third kappa shape index (κ3) is 3.36. The molecule has 0 bridgehead atoms. The molecule has 0 radical (unpaired) electrons. The second-order valence-electron chi connectivity index (χ2n) is 6.01. The zero-order valence-electron chi connectivity index (χ0n) is 12.6.